The molecule has 0 aliphatic carbocycles. The van der Waals surface area contributed by atoms with Gasteiger partial charge in [-0.2, -0.15) is 0 Å². The van der Waals surface area contributed by atoms with Gasteiger partial charge < -0.3 is 0 Å². The Bertz CT molecular complexity index is 898. The maximum Gasteiger partial charge on any atom is 0.242 e. The fourth-order valence-electron chi connectivity index (χ4n) is 1.87. The Morgan fingerprint density at radius 3 is 2.95 bits per heavy atom. The van der Waals surface area contributed by atoms with E-state index in [1.165, 1.54) is 17.5 Å². The maximum absolute atomic E-state index is 12.3. The van der Waals surface area contributed by atoms with Gasteiger partial charge in [-0.1, -0.05) is 5.21 Å². The van der Waals surface area contributed by atoms with Crippen LogP contribution in [0.3, 0.4) is 0 Å². The van der Waals surface area contributed by atoms with Crippen LogP contribution in [-0.4, -0.2) is 28.4 Å². The summed E-state index contributed by atoms with van der Waals surface area (Å²) in [6.07, 6.45) is 3.09. The fraction of sp³-hybridized carbons (Fsp3) is 0.308. The summed E-state index contributed by atoms with van der Waals surface area (Å²) >= 11 is 1.46. The van der Waals surface area contributed by atoms with E-state index in [0.29, 0.717) is 5.69 Å². The van der Waals surface area contributed by atoms with Crippen LogP contribution in [-0.2, 0) is 16.6 Å². The number of hydrogen-bond donors (Lipinski definition) is 1. The minimum Gasteiger partial charge on any atom is -0.254 e. The predicted octanol–water partition coefficient (Wildman–Crippen LogP) is 1.95. The molecule has 0 unspecified atom stereocenters. The second kappa shape index (κ2) is 5.75. The standard InChI is InChI=1S/C13H15N5O2S2/c1-9(2)18-8-10(16-17-18)6-15-22(19,20)11-5-13-12(14-7-11)3-4-21-13/h3-5,7-9,15H,6H2,1-2H3. The number of nitrogens with zero attached hydrogens (tertiary/aromatic N) is 4. The number of fused-ring (bicyclic) bond motifs is 1. The van der Waals surface area contributed by atoms with Crippen LogP contribution < -0.4 is 4.72 Å². The summed E-state index contributed by atoms with van der Waals surface area (Å²) in [5.74, 6) is 0. The van der Waals surface area contributed by atoms with Gasteiger partial charge in [0.2, 0.25) is 10.0 Å². The summed E-state index contributed by atoms with van der Waals surface area (Å²) in [7, 11) is -3.62. The largest absolute Gasteiger partial charge is 0.254 e. The summed E-state index contributed by atoms with van der Waals surface area (Å²) in [4.78, 5) is 4.30. The molecule has 116 valence electrons. The molecule has 3 heterocycles. The first kappa shape index (κ1) is 15.1. The second-order valence-electron chi connectivity index (χ2n) is 5.08. The van der Waals surface area contributed by atoms with E-state index in [9.17, 15) is 8.42 Å². The maximum atomic E-state index is 12.3. The zero-order valence-electron chi connectivity index (χ0n) is 12.1. The molecule has 0 radical (unpaired) electrons. The van der Waals surface area contributed by atoms with Gasteiger partial charge in [0.1, 0.15) is 4.90 Å². The minimum absolute atomic E-state index is 0.0948. The predicted molar refractivity (Wildman–Crippen MR) is 84.1 cm³/mol. The Kier molecular flexibility index (Phi) is 3.94. The van der Waals surface area contributed by atoms with E-state index in [1.807, 2.05) is 25.3 Å². The summed E-state index contributed by atoms with van der Waals surface area (Å²) in [6, 6.07) is 3.66. The van der Waals surface area contributed by atoms with Crippen molar-refractivity contribution in [3.05, 3.63) is 35.6 Å². The van der Waals surface area contributed by atoms with Gasteiger partial charge >= 0.3 is 0 Å². The van der Waals surface area contributed by atoms with Gasteiger partial charge in [-0.25, -0.2) is 17.8 Å². The van der Waals surface area contributed by atoms with Crippen molar-refractivity contribution < 1.29 is 8.42 Å². The van der Waals surface area contributed by atoms with E-state index >= 15 is 0 Å². The third kappa shape index (κ3) is 3.01. The average molecular weight is 337 g/mol. The minimum atomic E-state index is -3.62. The van der Waals surface area contributed by atoms with Crippen LogP contribution in [0, 0.1) is 0 Å². The third-order valence-electron chi connectivity index (χ3n) is 3.12. The number of sulfonamides is 1. The van der Waals surface area contributed by atoms with Crippen molar-refractivity contribution in [3.8, 4) is 0 Å². The van der Waals surface area contributed by atoms with Gasteiger partial charge in [0.15, 0.2) is 0 Å². The molecule has 0 fully saturated rings. The number of rotatable bonds is 5. The van der Waals surface area contributed by atoms with Gasteiger partial charge in [0, 0.05) is 12.2 Å². The molecular weight excluding hydrogens is 322 g/mol. The first-order valence-electron chi connectivity index (χ1n) is 6.69. The molecule has 0 saturated carbocycles. The van der Waals surface area contributed by atoms with Crippen LogP contribution in [0.1, 0.15) is 25.6 Å². The Morgan fingerprint density at radius 2 is 2.23 bits per heavy atom. The number of nitrogens with one attached hydrogen (secondary N) is 1. The fourth-order valence-corrected chi connectivity index (χ4v) is 3.70. The van der Waals surface area contributed by atoms with E-state index in [0.717, 1.165) is 10.2 Å². The van der Waals surface area contributed by atoms with E-state index in [-0.39, 0.29) is 17.5 Å². The lowest BCUT2D eigenvalue weighted by atomic mass is 10.4. The second-order valence-corrected chi connectivity index (χ2v) is 7.80. The average Bonchev–Trinajstić information content (AvgIpc) is 3.13. The number of thiophene rings is 1. The van der Waals surface area contributed by atoms with Crippen molar-refractivity contribution in [3.63, 3.8) is 0 Å². The van der Waals surface area contributed by atoms with Crippen LogP contribution >= 0.6 is 11.3 Å². The molecule has 1 N–H and O–H groups in total. The number of pyridine rings is 1. The van der Waals surface area contributed by atoms with Crippen LogP contribution in [0.4, 0.5) is 0 Å². The number of aromatic nitrogens is 4. The molecule has 3 aromatic rings. The molecule has 0 aliphatic heterocycles. The lowest BCUT2D eigenvalue weighted by Gasteiger charge is -2.05. The van der Waals surface area contributed by atoms with Crippen molar-refractivity contribution >= 4 is 31.6 Å². The molecule has 22 heavy (non-hydrogen) atoms. The van der Waals surface area contributed by atoms with Gasteiger partial charge in [0.25, 0.3) is 0 Å². The van der Waals surface area contributed by atoms with Crippen molar-refractivity contribution in [2.45, 2.75) is 31.3 Å². The highest BCUT2D eigenvalue weighted by atomic mass is 32.2. The molecular formula is C13H15N5O2S2. The zero-order chi connectivity index (χ0) is 15.7. The third-order valence-corrected chi connectivity index (χ3v) is 5.34. The Balaban J connectivity index is 1.77. The smallest absolute Gasteiger partial charge is 0.242 e. The van der Waals surface area contributed by atoms with E-state index in [4.69, 9.17) is 0 Å². The van der Waals surface area contributed by atoms with Gasteiger partial charge in [-0.3, -0.25) is 4.98 Å². The van der Waals surface area contributed by atoms with Gasteiger partial charge in [-0.05, 0) is 31.4 Å². The SMILES string of the molecule is CC(C)n1cc(CNS(=O)(=O)c2cnc3ccsc3c2)nn1. The highest BCUT2D eigenvalue weighted by Crippen LogP contribution is 2.21. The lowest BCUT2D eigenvalue weighted by Crippen LogP contribution is -2.23. The Morgan fingerprint density at radius 1 is 1.41 bits per heavy atom. The highest BCUT2D eigenvalue weighted by Gasteiger charge is 2.16. The lowest BCUT2D eigenvalue weighted by molar-refractivity contribution is 0.514. The molecule has 0 bridgehead atoms. The zero-order valence-corrected chi connectivity index (χ0v) is 13.7. The van der Waals surface area contributed by atoms with Gasteiger partial charge in [-0.15, -0.1) is 16.4 Å². The van der Waals surface area contributed by atoms with Gasteiger partial charge in [0.05, 0.1) is 28.7 Å². The molecule has 3 rings (SSSR count). The quantitative estimate of drug-likeness (QED) is 0.768. The Labute approximate surface area is 132 Å². The van der Waals surface area contributed by atoms with Crippen molar-refractivity contribution in [2.75, 3.05) is 0 Å². The molecule has 7 nitrogen and oxygen atoms in total. The van der Waals surface area contributed by atoms with E-state index < -0.39 is 10.0 Å². The molecule has 3 aromatic heterocycles. The summed E-state index contributed by atoms with van der Waals surface area (Å²) in [6.45, 7) is 4.05. The van der Waals surface area contributed by atoms with Crippen molar-refractivity contribution in [1.82, 2.24) is 24.7 Å². The van der Waals surface area contributed by atoms with E-state index in [1.54, 1.807) is 16.9 Å². The molecule has 0 saturated heterocycles. The number of hydrogen-bond acceptors (Lipinski definition) is 6. The molecule has 0 amide bonds. The summed E-state index contributed by atoms with van der Waals surface area (Å²) < 4.78 is 29.7. The highest BCUT2D eigenvalue weighted by molar-refractivity contribution is 7.89. The van der Waals surface area contributed by atoms with Crippen molar-refractivity contribution in [1.29, 1.82) is 0 Å². The van der Waals surface area contributed by atoms with Crippen LogP contribution in [0.15, 0.2) is 34.8 Å². The molecule has 0 aliphatic rings. The topological polar surface area (TPSA) is 89.8 Å². The van der Waals surface area contributed by atoms with Crippen molar-refractivity contribution in [2.24, 2.45) is 0 Å². The normalized spacial score (nSPS) is 12.3. The monoisotopic (exact) mass is 337 g/mol. The molecule has 0 aromatic carbocycles. The first-order valence-corrected chi connectivity index (χ1v) is 9.05. The molecule has 0 spiro atoms. The van der Waals surface area contributed by atoms with Crippen LogP contribution in [0.5, 0.6) is 0 Å². The summed E-state index contributed by atoms with van der Waals surface area (Å²) in [5, 5.41) is 9.77. The van der Waals surface area contributed by atoms with Crippen LogP contribution in [0.25, 0.3) is 10.2 Å². The first-order chi connectivity index (χ1) is 10.5. The molecule has 9 heteroatoms. The summed E-state index contributed by atoms with van der Waals surface area (Å²) in [5.41, 5.74) is 1.37. The van der Waals surface area contributed by atoms with Crippen LogP contribution in [0.2, 0.25) is 0 Å². The Hall–Kier alpha value is -1.84. The molecule has 0 atom stereocenters. The van der Waals surface area contributed by atoms with E-state index in [2.05, 4.69) is 20.0 Å².